The number of pyridine rings is 1. The van der Waals surface area contributed by atoms with Crippen LogP contribution >= 0.6 is 11.8 Å². The van der Waals surface area contributed by atoms with E-state index < -0.39 is 11.7 Å². The van der Waals surface area contributed by atoms with Gasteiger partial charge in [0.1, 0.15) is 0 Å². The van der Waals surface area contributed by atoms with E-state index in [1.54, 1.807) is 0 Å². The second-order valence-corrected chi connectivity index (χ2v) is 5.20. The maximum atomic E-state index is 12.8. The first kappa shape index (κ1) is 16.3. The van der Waals surface area contributed by atoms with Crippen molar-refractivity contribution in [3.8, 4) is 0 Å². The average Bonchev–Trinajstić information content (AvgIpc) is 2.37. The molecule has 19 heavy (non-hydrogen) atoms. The fourth-order valence-electron chi connectivity index (χ4n) is 1.66. The monoisotopic (exact) mass is 294 g/mol. The first-order valence-electron chi connectivity index (χ1n) is 5.78. The Morgan fingerprint density at radius 3 is 2.68 bits per heavy atom. The third kappa shape index (κ3) is 4.67. The number of rotatable bonds is 6. The molecule has 0 amide bonds. The summed E-state index contributed by atoms with van der Waals surface area (Å²) in [7, 11) is 0. The van der Waals surface area contributed by atoms with Gasteiger partial charge in [-0.05, 0) is 25.3 Å². The standard InChI is InChI=1S/C12H17F3N2OS/c1-8(11(7-18)19-2)17-6-10-9(12(13,14)15)4-3-5-16-10/h3-5,8,11,17-18H,6-7H2,1-2H3. The number of aromatic nitrogens is 1. The lowest BCUT2D eigenvalue weighted by Crippen LogP contribution is -2.37. The van der Waals surface area contributed by atoms with E-state index in [0.29, 0.717) is 0 Å². The molecular weight excluding hydrogens is 277 g/mol. The van der Waals surface area contributed by atoms with E-state index in [4.69, 9.17) is 5.11 Å². The second-order valence-electron chi connectivity index (χ2n) is 4.12. The molecular formula is C12H17F3N2OS. The molecule has 108 valence electrons. The Labute approximate surface area is 114 Å². The van der Waals surface area contributed by atoms with Crippen molar-refractivity contribution < 1.29 is 18.3 Å². The maximum Gasteiger partial charge on any atom is 0.418 e. The topological polar surface area (TPSA) is 45.1 Å². The van der Waals surface area contributed by atoms with Crippen LogP contribution in [0.2, 0.25) is 0 Å². The summed E-state index contributed by atoms with van der Waals surface area (Å²) in [6.45, 7) is 1.82. The number of hydrogen-bond acceptors (Lipinski definition) is 4. The lowest BCUT2D eigenvalue weighted by Gasteiger charge is -2.22. The maximum absolute atomic E-state index is 12.8. The minimum absolute atomic E-state index is 0.0217. The Morgan fingerprint density at radius 1 is 1.47 bits per heavy atom. The predicted octanol–water partition coefficient (Wildman–Crippen LogP) is 2.30. The third-order valence-electron chi connectivity index (χ3n) is 2.83. The van der Waals surface area contributed by atoms with Crippen LogP contribution in [-0.2, 0) is 12.7 Å². The molecule has 1 aromatic rings. The third-order valence-corrected chi connectivity index (χ3v) is 3.99. The summed E-state index contributed by atoms with van der Waals surface area (Å²) in [6.07, 6.45) is -1.21. The number of nitrogens with one attached hydrogen (secondary N) is 1. The number of aliphatic hydroxyl groups excluding tert-OH is 1. The van der Waals surface area contributed by atoms with E-state index in [0.717, 1.165) is 6.07 Å². The van der Waals surface area contributed by atoms with Crippen LogP contribution in [0.1, 0.15) is 18.2 Å². The van der Waals surface area contributed by atoms with E-state index in [-0.39, 0.29) is 30.1 Å². The van der Waals surface area contributed by atoms with Gasteiger partial charge < -0.3 is 10.4 Å². The molecule has 1 rings (SSSR count). The molecule has 0 aliphatic carbocycles. The van der Waals surface area contributed by atoms with Crippen LogP contribution in [0.15, 0.2) is 18.3 Å². The second kappa shape index (κ2) is 7.12. The van der Waals surface area contributed by atoms with Crippen molar-refractivity contribution in [2.24, 2.45) is 0 Å². The van der Waals surface area contributed by atoms with E-state index in [9.17, 15) is 13.2 Å². The van der Waals surface area contributed by atoms with Gasteiger partial charge in [-0.2, -0.15) is 24.9 Å². The van der Waals surface area contributed by atoms with Crippen LogP contribution < -0.4 is 5.32 Å². The fourth-order valence-corrected chi connectivity index (χ4v) is 2.32. The van der Waals surface area contributed by atoms with Gasteiger partial charge in [0.2, 0.25) is 0 Å². The van der Waals surface area contributed by atoms with Crippen molar-refractivity contribution in [1.29, 1.82) is 0 Å². The van der Waals surface area contributed by atoms with Gasteiger partial charge in [-0.15, -0.1) is 0 Å². The molecule has 1 heterocycles. The summed E-state index contributed by atoms with van der Waals surface area (Å²) in [4.78, 5) is 3.78. The zero-order chi connectivity index (χ0) is 14.5. The van der Waals surface area contributed by atoms with Gasteiger partial charge in [0.15, 0.2) is 0 Å². The molecule has 1 aromatic heterocycles. The van der Waals surface area contributed by atoms with E-state index >= 15 is 0 Å². The van der Waals surface area contributed by atoms with Gasteiger partial charge in [-0.3, -0.25) is 4.98 Å². The summed E-state index contributed by atoms with van der Waals surface area (Å²) < 4.78 is 38.3. The molecule has 0 aliphatic heterocycles. The Balaban J connectivity index is 2.73. The minimum atomic E-state index is -4.40. The van der Waals surface area contributed by atoms with Crippen molar-refractivity contribution in [3.63, 3.8) is 0 Å². The number of halogens is 3. The van der Waals surface area contributed by atoms with Crippen LogP contribution in [0, 0.1) is 0 Å². The van der Waals surface area contributed by atoms with Gasteiger partial charge in [0.05, 0.1) is 17.9 Å². The summed E-state index contributed by atoms with van der Waals surface area (Å²) in [5.41, 5.74) is -0.751. The number of hydrogen-bond donors (Lipinski definition) is 2. The molecule has 0 aliphatic rings. The molecule has 0 fully saturated rings. The molecule has 0 saturated carbocycles. The zero-order valence-corrected chi connectivity index (χ0v) is 11.6. The van der Waals surface area contributed by atoms with E-state index in [2.05, 4.69) is 10.3 Å². The molecule has 2 atom stereocenters. The van der Waals surface area contributed by atoms with Crippen molar-refractivity contribution in [2.75, 3.05) is 12.9 Å². The molecule has 0 aromatic carbocycles. The number of nitrogens with zero attached hydrogens (tertiary/aromatic N) is 1. The lowest BCUT2D eigenvalue weighted by atomic mass is 10.1. The normalized spacial score (nSPS) is 15.3. The highest BCUT2D eigenvalue weighted by Crippen LogP contribution is 2.30. The molecule has 0 saturated heterocycles. The van der Waals surface area contributed by atoms with Crippen molar-refractivity contribution in [3.05, 3.63) is 29.6 Å². The van der Waals surface area contributed by atoms with Crippen LogP contribution in [0.25, 0.3) is 0 Å². The SMILES string of the molecule is CSC(CO)C(C)NCc1ncccc1C(F)(F)F. The van der Waals surface area contributed by atoms with Gasteiger partial charge >= 0.3 is 6.18 Å². The van der Waals surface area contributed by atoms with Gasteiger partial charge in [-0.1, -0.05) is 0 Å². The van der Waals surface area contributed by atoms with Gasteiger partial charge in [-0.25, -0.2) is 0 Å². The van der Waals surface area contributed by atoms with Crippen LogP contribution in [0.3, 0.4) is 0 Å². The van der Waals surface area contributed by atoms with Gasteiger partial charge in [0.25, 0.3) is 0 Å². The van der Waals surface area contributed by atoms with Gasteiger partial charge in [0, 0.05) is 24.0 Å². The first-order valence-corrected chi connectivity index (χ1v) is 7.07. The highest BCUT2D eigenvalue weighted by atomic mass is 32.2. The predicted molar refractivity (Wildman–Crippen MR) is 69.9 cm³/mol. The Bertz CT molecular complexity index is 397. The zero-order valence-electron chi connectivity index (χ0n) is 10.7. The van der Waals surface area contributed by atoms with E-state index in [1.807, 2.05) is 13.2 Å². The highest BCUT2D eigenvalue weighted by Gasteiger charge is 2.33. The van der Waals surface area contributed by atoms with Crippen molar-refractivity contribution in [1.82, 2.24) is 10.3 Å². The lowest BCUT2D eigenvalue weighted by molar-refractivity contribution is -0.138. The molecule has 2 N–H and O–H groups in total. The van der Waals surface area contributed by atoms with Crippen molar-refractivity contribution in [2.45, 2.75) is 30.9 Å². The Hall–Kier alpha value is -0.790. The summed E-state index contributed by atoms with van der Waals surface area (Å²) in [5.74, 6) is 0. The largest absolute Gasteiger partial charge is 0.418 e. The number of thioether (sulfide) groups is 1. The highest BCUT2D eigenvalue weighted by molar-refractivity contribution is 7.99. The molecule has 0 radical (unpaired) electrons. The van der Waals surface area contributed by atoms with Crippen molar-refractivity contribution >= 4 is 11.8 Å². The Kier molecular flexibility index (Phi) is 6.09. The number of alkyl halides is 3. The summed E-state index contributed by atoms with van der Waals surface area (Å²) >= 11 is 1.47. The molecule has 7 heteroatoms. The summed E-state index contributed by atoms with van der Waals surface area (Å²) in [5, 5.41) is 12.0. The smallest absolute Gasteiger partial charge is 0.395 e. The molecule has 2 unspecified atom stereocenters. The molecule has 0 spiro atoms. The summed E-state index contributed by atoms with van der Waals surface area (Å²) in [6, 6.07) is 2.18. The fraction of sp³-hybridized carbons (Fsp3) is 0.583. The minimum Gasteiger partial charge on any atom is -0.395 e. The van der Waals surface area contributed by atoms with E-state index in [1.165, 1.54) is 24.0 Å². The van der Waals surface area contributed by atoms with Crippen LogP contribution in [0.4, 0.5) is 13.2 Å². The average molecular weight is 294 g/mol. The molecule has 0 bridgehead atoms. The molecule has 3 nitrogen and oxygen atoms in total. The quantitative estimate of drug-likeness (QED) is 0.845. The van der Waals surface area contributed by atoms with Crippen LogP contribution in [-0.4, -0.2) is 34.2 Å². The Morgan fingerprint density at radius 2 is 2.16 bits per heavy atom. The number of aliphatic hydroxyl groups is 1. The van der Waals surface area contributed by atoms with Crippen LogP contribution in [0.5, 0.6) is 0 Å². The first-order chi connectivity index (χ1) is 8.90.